The monoisotopic (exact) mass is 485 g/mol. The van der Waals surface area contributed by atoms with Crippen LogP contribution >= 0.6 is 0 Å². The number of hydrogen-bond donors (Lipinski definition) is 0. The summed E-state index contributed by atoms with van der Waals surface area (Å²) in [4.78, 5) is 21.0. The number of halogens is 1. The number of oxazole rings is 1. The van der Waals surface area contributed by atoms with Crippen LogP contribution in [0.3, 0.4) is 0 Å². The molecule has 1 unspecified atom stereocenters. The van der Waals surface area contributed by atoms with Crippen molar-refractivity contribution in [3.8, 4) is 17.2 Å². The number of ether oxygens (including phenoxy) is 1. The molecule has 1 fully saturated rings. The first-order chi connectivity index (χ1) is 16.4. The van der Waals surface area contributed by atoms with Gasteiger partial charge in [0.1, 0.15) is 23.0 Å². The van der Waals surface area contributed by atoms with Crippen molar-refractivity contribution in [1.29, 1.82) is 0 Å². The molecule has 1 aromatic heterocycles. The number of anilines is 1. The summed E-state index contributed by atoms with van der Waals surface area (Å²) in [6.07, 6.45) is 0. The van der Waals surface area contributed by atoms with Crippen molar-refractivity contribution in [3.05, 3.63) is 65.8 Å². The van der Waals surface area contributed by atoms with Crippen molar-refractivity contribution in [1.82, 2.24) is 9.88 Å². The summed E-state index contributed by atoms with van der Waals surface area (Å²) < 4.78 is 37.1. The van der Waals surface area contributed by atoms with E-state index in [1.54, 1.807) is 24.0 Å². The van der Waals surface area contributed by atoms with Crippen molar-refractivity contribution in [2.75, 3.05) is 43.4 Å². The zero-order valence-electron chi connectivity index (χ0n) is 19.3. The van der Waals surface area contributed by atoms with Crippen LogP contribution in [0.25, 0.3) is 11.5 Å². The van der Waals surface area contributed by atoms with Crippen molar-refractivity contribution in [3.63, 3.8) is 0 Å². The lowest BCUT2D eigenvalue weighted by molar-refractivity contribution is -0.128. The molecule has 2 heterocycles. The molecule has 0 saturated carbocycles. The lowest BCUT2D eigenvalue weighted by Crippen LogP contribution is -2.50. The van der Waals surface area contributed by atoms with Gasteiger partial charge in [-0.3, -0.25) is 4.79 Å². The first-order valence-corrected chi connectivity index (χ1v) is 12.7. The zero-order chi connectivity index (χ0) is 24.1. The van der Waals surface area contributed by atoms with Crippen LogP contribution in [0.5, 0.6) is 5.75 Å². The molecule has 0 N–H and O–H groups in total. The number of benzene rings is 2. The minimum absolute atomic E-state index is 0.0543. The van der Waals surface area contributed by atoms with Crippen molar-refractivity contribution >= 4 is 22.8 Å². The SMILES string of the molecule is CCOc1ccc(-c2nc(C[S+]([O-])CC(=O)N3CCN(c4ccc(F)cc4)CC3)c(C)o2)cc1. The molecule has 0 aliphatic carbocycles. The highest BCUT2D eigenvalue weighted by molar-refractivity contribution is 7.91. The van der Waals surface area contributed by atoms with Gasteiger partial charge in [-0.25, -0.2) is 9.37 Å². The quantitative estimate of drug-likeness (QED) is 0.452. The van der Waals surface area contributed by atoms with Crippen molar-refractivity contribution in [2.45, 2.75) is 19.6 Å². The van der Waals surface area contributed by atoms with E-state index >= 15 is 0 Å². The third-order valence-electron chi connectivity index (χ3n) is 5.71. The zero-order valence-corrected chi connectivity index (χ0v) is 20.1. The number of aryl methyl sites for hydroxylation is 1. The Morgan fingerprint density at radius 2 is 1.79 bits per heavy atom. The van der Waals surface area contributed by atoms with Gasteiger partial charge in [-0.15, -0.1) is 0 Å². The number of piperazine rings is 1. The molecule has 0 bridgehead atoms. The number of nitrogens with zero attached hydrogens (tertiary/aromatic N) is 3. The summed E-state index contributed by atoms with van der Waals surface area (Å²) in [6, 6.07) is 13.8. The smallest absolute Gasteiger partial charge is 0.272 e. The topological polar surface area (TPSA) is 81.9 Å². The van der Waals surface area contributed by atoms with E-state index in [-0.39, 0.29) is 23.2 Å². The molecule has 7 nitrogen and oxygen atoms in total. The van der Waals surface area contributed by atoms with E-state index in [1.807, 2.05) is 31.2 Å². The van der Waals surface area contributed by atoms with Gasteiger partial charge in [-0.05, 0) is 73.6 Å². The number of carbonyl (C=O) groups is 1. The van der Waals surface area contributed by atoms with E-state index in [2.05, 4.69) is 9.88 Å². The Kier molecular flexibility index (Phi) is 7.74. The molecule has 0 radical (unpaired) electrons. The minimum atomic E-state index is -1.40. The van der Waals surface area contributed by atoms with Crippen molar-refractivity contribution in [2.24, 2.45) is 0 Å². The number of hydrogen-bond acceptors (Lipinski definition) is 6. The second-order valence-electron chi connectivity index (χ2n) is 8.05. The van der Waals surface area contributed by atoms with Gasteiger partial charge in [0.05, 0.1) is 6.61 Å². The molecular formula is C25H28FN3O4S. The summed E-state index contributed by atoms with van der Waals surface area (Å²) >= 11 is -1.40. The van der Waals surface area contributed by atoms with Crippen LogP contribution < -0.4 is 9.64 Å². The summed E-state index contributed by atoms with van der Waals surface area (Å²) in [5.41, 5.74) is 2.33. The standard InChI is InChI=1S/C25H28FN3O4S/c1-3-32-22-10-4-19(5-11-22)25-27-23(18(2)33-25)16-34(31)17-24(30)29-14-12-28(13-15-29)21-8-6-20(26)7-9-21/h4-11H,3,12-17H2,1-2H3. The Labute approximate surface area is 201 Å². The first kappa shape index (κ1) is 24.1. The molecular weight excluding hydrogens is 457 g/mol. The average Bonchev–Trinajstić information content (AvgIpc) is 3.20. The lowest BCUT2D eigenvalue weighted by Gasteiger charge is -2.36. The van der Waals surface area contributed by atoms with Gasteiger partial charge >= 0.3 is 0 Å². The lowest BCUT2D eigenvalue weighted by atomic mass is 10.2. The van der Waals surface area contributed by atoms with E-state index in [0.717, 1.165) is 17.0 Å². The molecule has 1 aliphatic heterocycles. The molecule has 3 aromatic rings. The Morgan fingerprint density at radius 3 is 2.44 bits per heavy atom. The van der Waals surface area contributed by atoms with E-state index in [0.29, 0.717) is 50.1 Å². The van der Waals surface area contributed by atoms with Gasteiger partial charge < -0.3 is 23.5 Å². The van der Waals surface area contributed by atoms with Gasteiger partial charge in [0.2, 0.25) is 5.89 Å². The third-order valence-corrected chi connectivity index (χ3v) is 6.88. The van der Waals surface area contributed by atoms with Crippen LogP contribution in [0.15, 0.2) is 52.9 Å². The van der Waals surface area contributed by atoms with Gasteiger partial charge in [0.25, 0.3) is 5.91 Å². The minimum Gasteiger partial charge on any atom is -0.616 e. The van der Waals surface area contributed by atoms with E-state index in [9.17, 15) is 13.7 Å². The molecule has 9 heteroatoms. The molecule has 4 rings (SSSR count). The molecule has 0 spiro atoms. The van der Waals surface area contributed by atoms with Gasteiger partial charge in [-0.2, -0.15) is 0 Å². The van der Waals surface area contributed by atoms with E-state index in [1.165, 1.54) is 12.1 Å². The number of aromatic nitrogens is 1. The normalized spacial score (nSPS) is 14.8. The average molecular weight is 486 g/mol. The fourth-order valence-corrected chi connectivity index (χ4v) is 4.98. The Morgan fingerprint density at radius 1 is 1.12 bits per heavy atom. The van der Waals surface area contributed by atoms with Crippen LogP contribution in [0.1, 0.15) is 18.4 Å². The first-order valence-electron chi connectivity index (χ1n) is 11.3. The second-order valence-corrected chi connectivity index (χ2v) is 9.51. The highest BCUT2D eigenvalue weighted by Crippen LogP contribution is 2.25. The maximum atomic E-state index is 13.1. The van der Waals surface area contributed by atoms with Crippen LogP contribution in [0.2, 0.25) is 0 Å². The molecule has 1 saturated heterocycles. The highest BCUT2D eigenvalue weighted by Gasteiger charge is 2.26. The summed E-state index contributed by atoms with van der Waals surface area (Å²) in [5.74, 6) is 1.52. The molecule has 1 aliphatic rings. The Hall–Kier alpha value is -3.04. The van der Waals surface area contributed by atoms with E-state index < -0.39 is 11.2 Å². The number of amides is 1. The fraction of sp³-hybridized carbons (Fsp3) is 0.360. The molecule has 2 aromatic carbocycles. The maximum absolute atomic E-state index is 13.1. The summed E-state index contributed by atoms with van der Waals surface area (Å²) in [5, 5.41) is 0. The molecule has 1 amide bonds. The molecule has 180 valence electrons. The van der Waals surface area contributed by atoms with Gasteiger partial charge in [0, 0.05) is 37.4 Å². The van der Waals surface area contributed by atoms with E-state index in [4.69, 9.17) is 9.15 Å². The second kappa shape index (κ2) is 10.9. The van der Waals surface area contributed by atoms with Crippen LogP contribution in [-0.4, -0.2) is 58.9 Å². The Balaban J connectivity index is 1.29. The molecule has 34 heavy (non-hydrogen) atoms. The summed E-state index contributed by atoms with van der Waals surface area (Å²) in [6.45, 7) is 6.69. The highest BCUT2D eigenvalue weighted by atomic mass is 32.2. The molecule has 1 atom stereocenters. The van der Waals surface area contributed by atoms with Crippen LogP contribution in [-0.2, 0) is 21.7 Å². The van der Waals surface area contributed by atoms with Gasteiger partial charge in [0.15, 0.2) is 11.5 Å². The fourth-order valence-electron chi connectivity index (χ4n) is 3.84. The summed E-state index contributed by atoms with van der Waals surface area (Å²) in [7, 11) is 0. The Bertz CT molecular complexity index is 1100. The maximum Gasteiger partial charge on any atom is 0.272 e. The van der Waals surface area contributed by atoms with Gasteiger partial charge in [-0.1, -0.05) is 0 Å². The van der Waals surface area contributed by atoms with Crippen molar-refractivity contribution < 1.29 is 22.9 Å². The third kappa shape index (κ3) is 5.90. The number of carbonyl (C=O) groups excluding carboxylic acids is 1. The number of rotatable bonds is 8. The predicted octanol–water partition coefficient (Wildman–Crippen LogP) is 3.79. The largest absolute Gasteiger partial charge is 0.616 e. The van der Waals surface area contributed by atoms with Crippen LogP contribution in [0.4, 0.5) is 10.1 Å². The predicted molar refractivity (Wildman–Crippen MR) is 130 cm³/mol. The van der Waals surface area contributed by atoms with Crippen LogP contribution in [0, 0.1) is 12.7 Å².